The third kappa shape index (κ3) is 3.73. The SMILES string of the molecule is CC1(C)CN(S(=O)c2cccc(F)c2)Cc2c(NC(=O)c3ccccc3N)n[nH]c21. The second-order valence-electron chi connectivity index (χ2n) is 7.86. The van der Waals surface area contributed by atoms with Crippen LogP contribution in [0.2, 0.25) is 0 Å². The zero-order chi connectivity index (χ0) is 21.5. The van der Waals surface area contributed by atoms with E-state index in [9.17, 15) is 13.4 Å². The Kier molecular flexibility index (Phi) is 5.17. The van der Waals surface area contributed by atoms with E-state index in [0.717, 1.165) is 11.3 Å². The molecule has 0 saturated heterocycles. The van der Waals surface area contributed by atoms with Crippen molar-refractivity contribution in [3.8, 4) is 0 Å². The van der Waals surface area contributed by atoms with Crippen molar-refractivity contribution < 1.29 is 13.4 Å². The van der Waals surface area contributed by atoms with E-state index in [-0.39, 0.29) is 12.5 Å². The van der Waals surface area contributed by atoms with Crippen LogP contribution in [0.15, 0.2) is 53.4 Å². The summed E-state index contributed by atoms with van der Waals surface area (Å²) in [5.41, 5.74) is 7.83. The monoisotopic (exact) mass is 427 g/mol. The van der Waals surface area contributed by atoms with Crippen molar-refractivity contribution >= 4 is 28.4 Å². The molecule has 0 saturated carbocycles. The predicted octanol–water partition coefficient (Wildman–Crippen LogP) is 3.20. The minimum atomic E-state index is -1.56. The molecular weight excluding hydrogens is 405 g/mol. The molecule has 0 radical (unpaired) electrons. The molecule has 1 amide bonds. The van der Waals surface area contributed by atoms with E-state index in [1.165, 1.54) is 18.2 Å². The largest absolute Gasteiger partial charge is 0.398 e. The Bertz CT molecular complexity index is 1140. The summed E-state index contributed by atoms with van der Waals surface area (Å²) < 4.78 is 28.5. The van der Waals surface area contributed by atoms with Crippen LogP contribution in [0.5, 0.6) is 0 Å². The standard InChI is InChI=1S/C21H22FN5O2S/c1-21(2)12-27(30(29)14-7-5-6-13(22)10-14)11-16-18(21)25-26-19(16)24-20(28)15-8-3-4-9-17(15)23/h3-10H,11-12,23H2,1-2H3,(H2,24,25,26,28). The van der Waals surface area contributed by atoms with Crippen LogP contribution in [-0.2, 0) is 22.9 Å². The fourth-order valence-electron chi connectivity index (χ4n) is 3.66. The molecule has 156 valence electrons. The van der Waals surface area contributed by atoms with Crippen molar-refractivity contribution in [3.05, 3.63) is 71.2 Å². The third-order valence-electron chi connectivity index (χ3n) is 5.12. The molecule has 7 nitrogen and oxygen atoms in total. The van der Waals surface area contributed by atoms with E-state index in [0.29, 0.717) is 28.5 Å². The zero-order valence-electron chi connectivity index (χ0n) is 16.6. The lowest BCUT2D eigenvalue weighted by Crippen LogP contribution is -2.43. The number of halogens is 1. The predicted molar refractivity (Wildman–Crippen MR) is 114 cm³/mol. The third-order valence-corrected chi connectivity index (χ3v) is 6.50. The number of carbonyl (C=O) groups excluding carboxylic acids is 1. The van der Waals surface area contributed by atoms with Crippen LogP contribution in [0.25, 0.3) is 0 Å². The molecule has 4 rings (SSSR count). The molecule has 1 aliphatic rings. The number of amides is 1. The quantitative estimate of drug-likeness (QED) is 0.556. The minimum Gasteiger partial charge on any atom is -0.398 e. The van der Waals surface area contributed by atoms with Gasteiger partial charge in [-0.3, -0.25) is 9.89 Å². The number of carbonyl (C=O) groups is 1. The number of nitrogens with one attached hydrogen (secondary N) is 2. The van der Waals surface area contributed by atoms with Gasteiger partial charge in [0.05, 0.1) is 10.5 Å². The molecular formula is C21H22FN5O2S. The highest BCUT2D eigenvalue weighted by atomic mass is 32.2. The van der Waals surface area contributed by atoms with Crippen LogP contribution >= 0.6 is 0 Å². The van der Waals surface area contributed by atoms with Gasteiger partial charge < -0.3 is 11.1 Å². The normalized spacial score (nSPS) is 16.6. The van der Waals surface area contributed by atoms with E-state index in [1.807, 2.05) is 13.8 Å². The van der Waals surface area contributed by atoms with Gasteiger partial charge in [0.25, 0.3) is 5.91 Å². The number of hydrogen-bond donors (Lipinski definition) is 3. The lowest BCUT2D eigenvalue weighted by Gasteiger charge is -2.36. The smallest absolute Gasteiger partial charge is 0.258 e. The Labute approximate surface area is 176 Å². The van der Waals surface area contributed by atoms with Crippen LogP contribution < -0.4 is 11.1 Å². The Morgan fingerprint density at radius 3 is 2.77 bits per heavy atom. The summed E-state index contributed by atoms with van der Waals surface area (Å²) in [6, 6.07) is 12.5. The molecule has 0 bridgehead atoms. The second-order valence-corrected chi connectivity index (χ2v) is 9.34. The number of nitrogens with two attached hydrogens (primary N) is 1. The minimum absolute atomic E-state index is 0.290. The Morgan fingerprint density at radius 1 is 1.27 bits per heavy atom. The molecule has 1 atom stereocenters. The summed E-state index contributed by atoms with van der Waals surface area (Å²) in [6.07, 6.45) is 0. The molecule has 3 aromatic rings. The number of H-pyrrole nitrogens is 1. The highest BCUT2D eigenvalue weighted by Crippen LogP contribution is 2.37. The van der Waals surface area contributed by atoms with E-state index in [4.69, 9.17) is 5.73 Å². The number of aromatic amines is 1. The number of rotatable bonds is 4. The summed E-state index contributed by atoms with van der Waals surface area (Å²) in [5, 5.41) is 10.1. The number of benzene rings is 2. The van der Waals surface area contributed by atoms with Gasteiger partial charge in [0, 0.05) is 35.4 Å². The Morgan fingerprint density at radius 2 is 2.03 bits per heavy atom. The maximum Gasteiger partial charge on any atom is 0.258 e. The van der Waals surface area contributed by atoms with Crippen LogP contribution in [0, 0.1) is 5.82 Å². The summed E-state index contributed by atoms with van der Waals surface area (Å²) in [6.45, 7) is 4.77. The number of anilines is 2. The van der Waals surface area contributed by atoms with Gasteiger partial charge in [-0.25, -0.2) is 12.9 Å². The lowest BCUT2D eigenvalue weighted by atomic mass is 9.84. The second kappa shape index (κ2) is 7.66. The first kappa shape index (κ1) is 20.2. The maximum atomic E-state index is 13.6. The lowest BCUT2D eigenvalue weighted by molar-refractivity contribution is 0.102. The fraction of sp³-hybridized carbons (Fsp3) is 0.238. The average molecular weight is 428 g/mol. The number of aromatic nitrogens is 2. The number of para-hydroxylation sites is 1. The Hall–Kier alpha value is -3.04. The molecule has 1 aromatic heterocycles. The highest BCUT2D eigenvalue weighted by Gasteiger charge is 2.38. The molecule has 4 N–H and O–H groups in total. The molecule has 0 fully saturated rings. The van der Waals surface area contributed by atoms with E-state index in [1.54, 1.807) is 34.6 Å². The van der Waals surface area contributed by atoms with Crippen LogP contribution in [0.4, 0.5) is 15.9 Å². The first-order valence-electron chi connectivity index (χ1n) is 9.42. The summed E-state index contributed by atoms with van der Waals surface area (Å²) >= 11 is 0. The number of fused-ring (bicyclic) bond motifs is 1. The molecule has 1 aliphatic heterocycles. The summed E-state index contributed by atoms with van der Waals surface area (Å²) in [4.78, 5) is 13.1. The van der Waals surface area contributed by atoms with Crippen molar-refractivity contribution in [2.75, 3.05) is 17.6 Å². The van der Waals surface area contributed by atoms with Crippen molar-refractivity contribution in [2.24, 2.45) is 0 Å². The van der Waals surface area contributed by atoms with Crippen molar-refractivity contribution in [1.82, 2.24) is 14.5 Å². The number of nitrogens with zero attached hydrogens (tertiary/aromatic N) is 2. The number of hydrogen-bond acceptors (Lipinski definition) is 4. The van der Waals surface area contributed by atoms with Crippen LogP contribution in [0.1, 0.15) is 35.5 Å². The van der Waals surface area contributed by atoms with E-state index in [2.05, 4.69) is 15.5 Å². The first-order valence-corrected chi connectivity index (χ1v) is 10.5. The van der Waals surface area contributed by atoms with E-state index >= 15 is 0 Å². The van der Waals surface area contributed by atoms with Gasteiger partial charge in [0.2, 0.25) is 0 Å². The van der Waals surface area contributed by atoms with Crippen molar-refractivity contribution in [2.45, 2.75) is 30.7 Å². The van der Waals surface area contributed by atoms with Crippen LogP contribution in [-0.4, -0.2) is 31.2 Å². The van der Waals surface area contributed by atoms with Gasteiger partial charge in [-0.2, -0.15) is 5.10 Å². The molecule has 0 aliphatic carbocycles. The maximum absolute atomic E-state index is 13.6. The van der Waals surface area contributed by atoms with Crippen molar-refractivity contribution in [1.29, 1.82) is 0 Å². The molecule has 9 heteroatoms. The summed E-state index contributed by atoms with van der Waals surface area (Å²) in [7, 11) is -1.56. The van der Waals surface area contributed by atoms with Gasteiger partial charge in [-0.1, -0.05) is 32.0 Å². The molecule has 0 spiro atoms. The number of nitrogen functional groups attached to an aromatic ring is 1. The van der Waals surface area contributed by atoms with E-state index < -0.39 is 22.2 Å². The topological polar surface area (TPSA) is 104 Å². The zero-order valence-corrected chi connectivity index (χ0v) is 17.4. The van der Waals surface area contributed by atoms with Crippen LogP contribution in [0.3, 0.4) is 0 Å². The molecule has 2 aromatic carbocycles. The fourth-order valence-corrected chi connectivity index (χ4v) is 5.05. The van der Waals surface area contributed by atoms with Gasteiger partial charge in [-0.05, 0) is 30.3 Å². The van der Waals surface area contributed by atoms with Gasteiger partial charge in [0.1, 0.15) is 16.8 Å². The molecule has 2 heterocycles. The highest BCUT2D eigenvalue weighted by molar-refractivity contribution is 7.82. The first-order chi connectivity index (χ1) is 14.3. The Balaban J connectivity index is 1.63. The molecule has 1 unspecified atom stereocenters. The van der Waals surface area contributed by atoms with Gasteiger partial charge in [-0.15, -0.1) is 0 Å². The van der Waals surface area contributed by atoms with Gasteiger partial charge in [0.15, 0.2) is 5.82 Å². The average Bonchev–Trinajstić information content (AvgIpc) is 3.11. The summed E-state index contributed by atoms with van der Waals surface area (Å²) in [5.74, 6) is -0.439. The van der Waals surface area contributed by atoms with Crippen molar-refractivity contribution in [3.63, 3.8) is 0 Å². The molecule has 30 heavy (non-hydrogen) atoms. The van der Waals surface area contributed by atoms with Gasteiger partial charge >= 0.3 is 0 Å².